The van der Waals surface area contributed by atoms with Crippen molar-refractivity contribution in [3.05, 3.63) is 41.5 Å². The van der Waals surface area contributed by atoms with Gasteiger partial charge in [-0.2, -0.15) is 0 Å². The van der Waals surface area contributed by atoms with Gasteiger partial charge in [-0.15, -0.1) is 0 Å². The van der Waals surface area contributed by atoms with Crippen molar-refractivity contribution in [1.82, 2.24) is 5.32 Å². The fourth-order valence-corrected chi connectivity index (χ4v) is 5.24. The first kappa shape index (κ1) is 23.1. The number of allylic oxidation sites excluding steroid dienone is 1. The molecule has 0 bridgehead atoms. The maximum Gasteiger partial charge on any atom is 0.407 e. The van der Waals surface area contributed by atoms with Gasteiger partial charge in [0.15, 0.2) is 0 Å². The minimum Gasteiger partial charge on any atom is -0.443 e. The standard InChI is InChI=1S/C25H36N2O5/c1-16(2)5-10-20-24(3,32-20)22-21(29-4)19(11-13-25(22)15-30-25)31-23(28)27-14-12-17-6-8-18(26)9-7-17/h5-9,19-22H,10-15,26H2,1-4H3,(H,27,28)/t19?,20-,21?,22?,24?,25+/m1/s1. The van der Waals surface area contributed by atoms with Crippen LogP contribution in [-0.2, 0) is 25.4 Å². The summed E-state index contributed by atoms with van der Waals surface area (Å²) in [6, 6.07) is 7.65. The molecule has 2 aliphatic heterocycles. The largest absolute Gasteiger partial charge is 0.443 e. The van der Waals surface area contributed by atoms with Gasteiger partial charge >= 0.3 is 6.09 Å². The number of epoxide rings is 2. The van der Waals surface area contributed by atoms with E-state index >= 15 is 0 Å². The van der Waals surface area contributed by atoms with Gasteiger partial charge in [0.05, 0.1) is 18.6 Å². The van der Waals surface area contributed by atoms with E-state index in [9.17, 15) is 4.79 Å². The quantitative estimate of drug-likeness (QED) is 0.361. The molecular weight excluding hydrogens is 408 g/mol. The molecular formula is C25H36N2O5. The molecule has 3 N–H and O–H groups in total. The Morgan fingerprint density at radius 1 is 1.31 bits per heavy atom. The number of nitrogen functional groups attached to an aromatic ring is 1. The van der Waals surface area contributed by atoms with E-state index in [0.29, 0.717) is 19.6 Å². The molecule has 32 heavy (non-hydrogen) atoms. The number of amides is 1. The molecule has 1 spiro atoms. The number of benzene rings is 1. The molecule has 1 saturated carbocycles. The number of rotatable bonds is 8. The summed E-state index contributed by atoms with van der Waals surface area (Å²) in [4.78, 5) is 12.5. The number of nitrogens with two attached hydrogens (primary N) is 1. The van der Waals surface area contributed by atoms with E-state index in [2.05, 4.69) is 32.2 Å². The molecule has 2 saturated heterocycles. The summed E-state index contributed by atoms with van der Waals surface area (Å²) < 4.78 is 23.9. The summed E-state index contributed by atoms with van der Waals surface area (Å²) in [5.74, 6) is 0.0249. The highest BCUT2D eigenvalue weighted by molar-refractivity contribution is 5.67. The molecule has 6 atom stereocenters. The van der Waals surface area contributed by atoms with Gasteiger partial charge in [0.2, 0.25) is 0 Å². The van der Waals surface area contributed by atoms with Crippen LogP contribution in [0.15, 0.2) is 35.9 Å². The van der Waals surface area contributed by atoms with Crippen LogP contribution in [0.1, 0.15) is 45.6 Å². The van der Waals surface area contributed by atoms with Crippen LogP contribution in [0.3, 0.4) is 0 Å². The summed E-state index contributed by atoms with van der Waals surface area (Å²) in [7, 11) is 1.69. The molecule has 1 aromatic rings. The summed E-state index contributed by atoms with van der Waals surface area (Å²) in [5, 5.41) is 2.87. The maximum absolute atomic E-state index is 12.5. The minimum atomic E-state index is -0.415. The van der Waals surface area contributed by atoms with Gasteiger partial charge < -0.3 is 30.0 Å². The van der Waals surface area contributed by atoms with Gasteiger partial charge in [-0.25, -0.2) is 4.79 Å². The van der Waals surface area contributed by atoms with Crippen LogP contribution in [0.25, 0.3) is 0 Å². The Bertz CT molecular complexity index is 846. The summed E-state index contributed by atoms with van der Waals surface area (Å²) >= 11 is 0. The second-order valence-corrected chi connectivity index (χ2v) is 9.74. The molecule has 3 fully saturated rings. The van der Waals surface area contributed by atoms with Crippen molar-refractivity contribution < 1.29 is 23.7 Å². The molecule has 1 amide bonds. The van der Waals surface area contributed by atoms with E-state index in [1.807, 2.05) is 24.3 Å². The van der Waals surface area contributed by atoms with E-state index in [0.717, 1.165) is 30.5 Å². The van der Waals surface area contributed by atoms with Crippen molar-refractivity contribution in [2.75, 3.05) is 26.0 Å². The van der Waals surface area contributed by atoms with Crippen LogP contribution in [0.5, 0.6) is 0 Å². The molecule has 7 nitrogen and oxygen atoms in total. The Morgan fingerprint density at radius 2 is 2.03 bits per heavy atom. The van der Waals surface area contributed by atoms with Crippen LogP contribution in [0.4, 0.5) is 10.5 Å². The lowest BCUT2D eigenvalue weighted by molar-refractivity contribution is -0.118. The van der Waals surface area contributed by atoms with E-state index in [1.165, 1.54) is 5.57 Å². The molecule has 7 heteroatoms. The molecule has 0 aromatic heterocycles. The second-order valence-electron chi connectivity index (χ2n) is 9.74. The first-order valence-corrected chi connectivity index (χ1v) is 11.5. The fraction of sp³-hybridized carbons (Fsp3) is 0.640. The fourth-order valence-electron chi connectivity index (χ4n) is 5.24. The number of carbonyl (C=O) groups is 1. The molecule has 1 aromatic carbocycles. The van der Waals surface area contributed by atoms with Gasteiger partial charge in [-0.1, -0.05) is 23.8 Å². The van der Waals surface area contributed by atoms with Crippen LogP contribution in [-0.4, -0.2) is 55.9 Å². The third-order valence-electron chi connectivity index (χ3n) is 7.16. The van der Waals surface area contributed by atoms with Crippen molar-refractivity contribution in [1.29, 1.82) is 0 Å². The van der Waals surface area contributed by atoms with Crippen molar-refractivity contribution >= 4 is 11.8 Å². The number of nitrogens with one attached hydrogen (secondary N) is 1. The highest BCUT2D eigenvalue weighted by atomic mass is 16.6. The molecule has 4 unspecified atom stereocenters. The lowest BCUT2D eigenvalue weighted by Crippen LogP contribution is -2.56. The van der Waals surface area contributed by atoms with Crippen molar-refractivity contribution in [3.8, 4) is 0 Å². The van der Waals surface area contributed by atoms with E-state index in [-0.39, 0.29) is 35.4 Å². The zero-order valence-corrected chi connectivity index (χ0v) is 19.6. The molecule has 0 radical (unpaired) electrons. The lowest BCUT2D eigenvalue weighted by atomic mass is 9.68. The van der Waals surface area contributed by atoms with Crippen LogP contribution < -0.4 is 11.1 Å². The van der Waals surface area contributed by atoms with Crippen LogP contribution in [0.2, 0.25) is 0 Å². The maximum atomic E-state index is 12.5. The predicted octanol–water partition coefficient (Wildman–Crippen LogP) is 3.61. The third kappa shape index (κ3) is 4.80. The Kier molecular flexibility index (Phi) is 6.52. The Morgan fingerprint density at radius 3 is 2.66 bits per heavy atom. The van der Waals surface area contributed by atoms with Gasteiger partial charge in [-0.05, 0) is 64.2 Å². The van der Waals surface area contributed by atoms with Gasteiger partial charge in [0.1, 0.15) is 23.4 Å². The van der Waals surface area contributed by atoms with Crippen molar-refractivity contribution in [2.24, 2.45) is 5.92 Å². The SMILES string of the molecule is COC1C(OC(=O)NCCc2ccc(N)cc2)CC[C@]2(CO2)C1C1(C)O[C@@H]1CC=C(C)C. The van der Waals surface area contributed by atoms with Gasteiger partial charge in [0, 0.05) is 19.3 Å². The average molecular weight is 445 g/mol. The summed E-state index contributed by atoms with van der Waals surface area (Å²) in [6.07, 6.45) is 4.48. The Balaban J connectivity index is 1.35. The molecule has 4 rings (SSSR count). The second kappa shape index (κ2) is 9.04. The number of carbonyl (C=O) groups excluding carboxylic acids is 1. The first-order chi connectivity index (χ1) is 15.3. The smallest absolute Gasteiger partial charge is 0.407 e. The zero-order chi connectivity index (χ0) is 22.9. The number of methoxy groups -OCH3 is 1. The van der Waals surface area contributed by atoms with Crippen LogP contribution in [0, 0.1) is 5.92 Å². The number of ether oxygens (including phenoxy) is 4. The lowest BCUT2D eigenvalue weighted by Gasteiger charge is -2.42. The number of hydrogen-bond acceptors (Lipinski definition) is 6. The molecule has 3 aliphatic rings. The summed E-state index contributed by atoms with van der Waals surface area (Å²) in [5.41, 5.74) is 8.28. The number of alkyl carbamates (subject to hydrolysis) is 1. The Hall–Kier alpha value is -2.09. The molecule has 2 heterocycles. The normalized spacial score (nSPS) is 35.2. The molecule has 1 aliphatic carbocycles. The summed E-state index contributed by atoms with van der Waals surface area (Å²) in [6.45, 7) is 7.55. The van der Waals surface area contributed by atoms with Gasteiger partial charge in [-0.3, -0.25) is 0 Å². The molecule has 176 valence electrons. The van der Waals surface area contributed by atoms with E-state index in [1.54, 1.807) is 7.11 Å². The van der Waals surface area contributed by atoms with Gasteiger partial charge in [0.25, 0.3) is 0 Å². The third-order valence-corrected chi connectivity index (χ3v) is 7.16. The van der Waals surface area contributed by atoms with Crippen LogP contribution >= 0.6 is 0 Å². The topological polar surface area (TPSA) is 98.6 Å². The monoisotopic (exact) mass is 444 g/mol. The number of anilines is 1. The van der Waals surface area contributed by atoms with E-state index in [4.69, 9.17) is 24.7 Å². The highest BCUT2D eigenvalue weighted by Crippen LogP contribution is 2.59. The minimum absolute atomic E-state index is 0.0249. The van der Waals surface area contributed by atoms with E-state index < -0.39 is 6.09 Å². The number of hydrogen-bond donors (Lipinski definition) is 2. The zero-order valence-electron chi connectivity index (χ0n) is 19.6. The first-order valence-electron chi connectivity index (χ1n) is 11.5. The Labute approximate surface area is 190 Å². The van der Waals surface area contributed by atoms with Crippen molar-refractivity contribution in [3.63, 3.8) is 0 Å². The average Bonchev–Trinajstić information content (AvgIpc) is 3.66. The predicted molar refractivity (Wildman–Crippen MR) is 122 cm³/mol. The highest BCUT2D eigenvalue weighted by Gasteiger charge is 2.72. The van der Waals surface area contributed by atoms with Crippen molar-refractivity contribution in [2.45, 2.75) is 76.0 Å².